The molecule has 0 spiro atoms. The van der Waals surface area contributed by atoms with Gasteiger partial charge in [0.2, 0.25) is 0 Å². The van der Waals surface area contributed by atoms with Crippen LogP contribution in [0.5, 0.6) is 0 Å². The zero-order valence-corrected chi connectivity index (χ0v) is 11.3. The van der Waals surface area contributed by atoms with E-state index in [4.69, 9.17) is 0 Å². The van der Waals surface area contributed by atoms with Gasteiger partial charge in [-0.25, -0.2) is 15.0 Å². The number of hydrogen-bond donors (Lipinski definition) is 2. The summed E-state index contributed by atoms with van der Waals surface area (Å²) < 4.78 is 2.26. The Morgan fingerprint density at radius 1 is 1.15 bits per heavy atom. The smallest absolute Gasteiger partial charge is 0.165 e. The summed E-state index contributed by atoms with van der Waals surface area (Å²) in [4.78, 5) is 13.4. The molecule has 2 N–H and O–H groups in total. The Kier molecular flexibility index (Phi) is 2.16. The van der Waals surface area contributed by atoms with Gasteiger partial charge in [0.05, 0.1) is 12.4 Å². The molecule has 1 saturated carbocycles. The van der Waals surface area contributed by atoms with Gasteiger partial charge in [-0.15, -0.1) is 0 Å². The van der Waals surface area contributed by atoms with E-state index in [9.17, 15) is 0 Å². The van der Waals surface area contributed by atoms with Gasteiger partial charge in [-0.1, -0.05) is 0 Å². The lowest BCUT2D eigenvalue weighted by molar-refractivity contribution is 0.403. The van der Waals surface area contributed by atoms with Crippen molar-refractivity contribution in [3.8, 4) is 0 Å². The highest BCUT2D eigenvalue weighted by atomic mass is 15.2. The van der Waals surface area contributed by atoms with Gasteiger partial charge in [-0.05, 0) is 32.1 Å². The van der Waals surface area contributed by atoms with Gasteiger partial charge in [0, 0.05) is 18.1 Å². The van der Waals surface area contributed by atoms with Gasteiger partial charge >= 0.3 is 0 Å². The number of aromatic nitrogens is 4. The van der Waals surface area contributed by atoms with Crippen LogP contribution in [-0.4, -0.2) is 37.6 Å². The van der Waals surface area contributed by atoms with Crippen LogP contribution in [-0.2, 0) is 0 Å². The van der Waals surface area contributed by atoms with Crippen LogP contribution in [0.2, 0.25) is 0 Å². The minimum absolute atomic E-state index is 0.502. The molecule has 6 nitrogen and oxygen atoms in total. The van der Waals surface area contributed by atoms with Crippen LogP contribution in [0.25, 0.3) is 11.2 Å². The average Bonchev–Trinajstić information content (AvgIpc) is 2.92. The van der Waals surface area contributed by atoms with Crippen LogP contribution in [0.3, 0.4) is 0 Å². The van der Waals surface area contributed by atoms with Crippen molar-refractivity contribution in [1.82, 2.24) is 24.8 Å². The maximum absolute atomic E-state index is 4.58. The third-order valence-corrected chi connectivity index (χ3v) is 4.90. The molecule has 2 aromatic heterocycles. The molecule has 2 bridgehead atoms. The highest BCUT2D eigenvalue weighted by molar-refractivity contribution is 5.83. The molecule has 104 valence electrons. The molecule has 20 heavy (non-hydrogen) atoms. The number of rotatable bonds is 3. The molecule has 2 saturated heterocycles. The first-order valence-corrected chi connectivity index (χ1v) is 7.58. The molecule has 3 aliphatic rings. The number of nitrogens with zero attached hydrogens (tertiary/aromatic N) is 4. The van der Waals surface area contributed by atoms with Crippen molar-refractivity contribution in [3.63, 3.8) is 0 Å². The molecule has 1 unspecified atom stereocenters. The minimum Gasteiger partial charge on any atom is -0.365 e. The predicted molar refractivity (Wildman–Crippen MR) is 75.6 cm³/mol. The van der Waals surface area contributed by atoms with E-state index in [1.807, 2.05) is 6.33 Å². The van der Waals surface area contributed by atoms with Gasteiger partial charge in [-0.2, -0.15) is 0 Å². The first kappa shape index (κ1) is 11.0. The highest BCUT2D eigenvalue weighted by Gasteiger charge is 2.40. The van der Waals surface area contributed by atoms with E-state index in [1.54, 1.807) is 6.33 Å². The first-order valence-electron chi connectivity index (χ1n) is 7.58. The van der Waals surface area contributed by atoms with Gasteiger partial charge < -0.3 is 15.2 Å². The van der Waals surface area contributed by atoms with Gasteiger partial charge in [0.1, 0.15) is 11.8 Å². The quantitative estimate of drug-likeness (QED) is 0.884. The normalized spacial score (nSPS) is 32.1. The number of imidazole rings is 1. The van der Waals surface area contributed by atoms with Crippen molar-refractivity contribution in [1.29, 1.82) is 0 Å². The van der Waals surface area contributed by atoms with Crippen LogP contribution in [0, 0.1) is 0 Å². The lowest BCUT2D eigenvalue weighted by Gasteiger charge is -2.21. The number of nitrogens with one attached hydrogen (secondary N) is 2. The third-order valence-electron chi connectivity index (χ3n) is 4.90. The predicted octanol–water partition coefficient (Wildman–Crippen LogP) is 1.47. The molecule has 6 heteroatoms. The van der Waals surface area contributed by atoms with E-state index in [1.165, 1.54) is 32.1 Å². The Bertz CT molecular complexity index is 661. The topological polar surface area (TPSA) is 67.7 Å². The summed E-state index contributed by atoms with van der Waals surface area (Å²) in [7, 11) is 0. The Labute approximate surface area is 117 Å². The van der Waals surface area contributed by atoms with Crippen molar-refractivity contribution in [3.05, 3.63) is 12.7 Å². The van der Waals surface area contributed by atoms with Crippen molar-refractivity contribution in [2.45, 2.75) is 56.3 Å². The summed E-state index contributed by atoms with van der Waals surface area (Å²) in [5.41, 5.74) is 1.89. The second-order valence-electron chi connectivity index (χ2n) is 6.32. The largest absolute Gasteiger partial charge is 0.365 e. The number of fused-ring (bicyclic) bond motifs is 3. The molecule has 1 aliphatic carbocycles. The standard InChI is InChI=1S/C14H18N6/c1-2-8(1)19-13-12-14(16-6-15-13)20(7-17-12)11-5-9-3-4-10(11)18-9/h6-11,18H,1-5H2,(H,15,16,19)/t9-,10+,11?/m0/s1. The fourth-order valence-electron chi connectivity index (χ4n) is 3.72. The van der Waals surface area contributed by atoms with Crippen molar-refractivity contribution >= 4 is 17.0 Å². The summed E-state index contributed by atoms with van der Waals surface area (Å²) in [6.45, 7) is 0. The molecule has 5 rings (SSSR count). The third kappa shape index (κ3) is 1.57. The summed E-state index contributed by atoms with van der Waals surface area (Å²) >= 11 is 0. The molecule has 0 amide bonds. The fourth-order valence-corrected chi connectivity index (χ4v) is 3.72. The van der Waals surface area contributed by atoms with Crippen molar-refractivity contribution in [2.24, 2.45) is 0 Å². The lowest BCUT2D eigenvalue weighted by Crippen LogP contribution is -2.25. The number of hydrogen-bond acceptors (Lipinski definition) is 5. The Balaban J connectivity index is 1.56. The first-order chi connectivity index (χ1) is 9.88. The zero-order chi connectivity index (χ0) is 13.1. The highest BCUT2D eigenvalue weighted by Crippen LogP contribution is 2.38. The summed E-state index contributed by atoms with van der Waals surface area (Å²) in [6, 6.07) is 2.37. The second-order valence-corrected chi connectivity index (χ2v) is 6.32. The molecule has 4 heterocycles. The van der Waals surface area contributed by atoms with E-state index in [-0.39, 0.29) is 0 Å². The van der Waals surface area contributed by atoms with E-state index in [2.05, 4.69) is 30.2 Å². The van der Waals surface area contributed by atoms with Gasteiger partial charge in [-0.3, -0.25) is 0 Å². The summed E-state index contributed by atoms with van der Waals surface area (Å²) in [6.07, 6.45) is 9.87. The molecular formula is C14H18N6. The number of anilines is 1. The minimum atomic E-state index is 0.502. The molecule has 3 fully saturated rings. The molecule has 3 atom stereocenters. The Hall–Kier alpha value is -1.69. The average molecular weight is 270 g/mol. The molecule has 2 aliphatic heterocycles. The van der Waals surface area contributed by atoms with E-state index < -0.39 is 0 Å². The Morgan fingerprint density at radius 3 is 2.85 bits per heavy atom. The van der Waals surface area contributed by atoms with Crippen LogP contribution in [0.15, 0.2) is 12.7 Å². The van der Waals surface area contributed by atoms with Crippen LogP contribution in [0.1, 0.15) is 38.1 Å². The van der Waals surface area contributed by atoms with E-state index in [0.29, 0.717) is 24.2 Å². The summed E-state index contributed by atoms with van der Waals surface area (Å²) in [5.74, 6) is 0.896. The van der Waals surface area contributed by atoms with E-state index >= 15 is 0 Å². The Morgan fingerprint density at radius 2 is 2.10 bits per heavy atom. The van der Waals surface area contributed by atoms with Gasteiger partial charge in [0.15, 0.2) is 11.5 Å². The maximum atomic E-state index is 4.58. The fraction of sp³-hybridized carbons (Fsp3) is 0.643. The second kappa shape index (κ2) is 3.91. The van der Waals surface area contributed by atoms with E-state index in [0.717, 1.165) is 17.0 Å². The molecule has 0 aromatic carbocycles. The van der Waals surface area contributed by atoms with Crippen molar-refractivity contribution in [2.75, 3.05) is 5.32 Å². The van der Waals surface area contributed by atoms with Crippen LogP contribution >= 0.6 is 0 Å². The van der Waals surface area contributed by atoms with Gasteiger partial charge in [0.25, 0.3) is 0 Å². The van der Waals surface area contributed by atoms with Crippen molar-refractivity contribution < 1.29 is 0 Å². The lowest BCUT2D eigenvalue weighted by atomic mass is 9.95. The molecule has 2 aromatic rings. The SMILES string of the molecule is c1nc(NC2CC2)c2ncn(C3C[C@@H]4CC[C@H]3N4)c2n1. The van der Waals surface area contributed by atoms with Crippen LogP contribution in [0.4, 0.5) is 5.82 Å². The monoisotopic (exact) mass is 270 g/mol. The molecule has 0 radical (unpaired) electrons. The maximum Gasteiger partial charge on any atom is 0.165 e. The van der Waals surface area contributed by atoms with Crippen LogP contribution < -0.4 is 10.6 Å². The summed E-state index contributed by atoms with van der Waals surface area (Å²) in [5, 5.41) is 7.13. The molecular weight excluding hydrogens is 252 g/mol. The zero-order valence-electron chi connectivity index (χ0n) is 11.3.